The van der Waals surface area contributed by atoms with E-state index in [0.29, 0.717) is 21.1 Å². The van der Waals surface area contributed by atoms with E-state index in [-0.39, 0.29) is 33.4 Å². The number of hydrogen-bond donors (Lipinski definition) is 2. The van der Waals surface area contributed by atoms with Gasteiger partial charge in [-0.2, -0.15) is 0 Å². The van der Waals surface area contributed by atoms with Crippen molar-refractivity contribution in [3.05, 3.63) is 101 Å². The monoisotopic (exact) mass is 508 g/mol. The zero-order chi connectivity index (χ0) is 23.0. The number of rotatable bonds is 4. The number of nitrogens with one attached hydrogen (secondary N) is 2. The standard InChI is InChI=1S/C21H12Cl4N4O3/c22-12-2-1-3-13(23)10(12)8-29-9-11(20(31)19-16(29)4-5-17(30)27-19)21(32)28-18-14(24)6-26-7-15(18)25/h1-7,9H,8H2,(H,27,30)(H,26,28,32). The molecule has 0 fully saturated rings. The van der Waals surface area contributed by atoms with Gasteiger partial charge in [0.1, 0.15) is 11.1 Å². The minimum absolute atomic E-state index is 0.0414. The van der Waals surface area contributed by atoms with Crippen molar-refractivity contribution in [2.45, 2.75) is 6.54 Å². The van der Waals surface area contributed by atoms with E-state index in [1.807, 2.05) is 0 Å². The summed E-state index contributed by atoms with van der Waals surface area (Å²) in [4.78, 5) is 44.3. The molecule has 32 heavy (non-hydrogen) atoms. The number of benzene rings is 1. The smallest absolute Gasteiger partial charge is 0.261 e. The molecule has 1 amide bonds. The largest absolute Gasteiger partial charge is 0.341 e. The van der Waals surface area contributed by atoms with Crippen LogP contribution in [0.2, 0.25) is 20.1 Å². The lowest BCUT2D eigenvalue weighted by atomic mass is 10.1. The third-order valence-electron chi connectivity index (χ3n) is 4.69. The van der Waals surface area contributed by atoms with Gasteiger partial charge >= 0.3 is 0 Å². The molecular weight excluding hydrogens is 498 g/mol. The number of carbonyl (C=O) groups excluding carboxylic acids is 1. The van der Waals surface area contributed by atoms with E-state index in [4.69, 9.17) is 46.4 Å². The number of carbonyl (C=O) groups is 1. The Morgan fingerprint density at radius 2 is 1.62 bits per heavy atom. The second-order valence-corrected chi connectivity index (χ2v) is 8.34. The van der Waals surface area contributed by atoms with E-state index < -0.39 is 16.9 Å². The number of aromatic nitrogens is 3. The molecule has 162 valence electrons. The number of halogens is 4. The van der Waals surface area contributed by atoms with Gasteiger partial charge in [-0.1, -0.05) is 52.5 Å². The number of fused-ring (bicyclic) bond motifs is 1. The number of aromatic amines is 1. The molecule has 0 atom stereocenters. The highest BCUT2D eigenvalue weighted by atomic mass is 35.5. The maximum atomic E-state index is 13.0. The maximum Gasteiger partial charge on any atom is 0.261 e. The van der Waals surface area contributed by atoms with Crippen molar-refractivity contribution >= 4 is 69.0 Å². The van der Waals surface area contributed by atoms with Crippen molar-refractivity contribution in [2.75, 3.05) is 5.32 Å². The summed E-state index contributed by atoms with van der Waals surface area (Å²) >= 11 is 24.7. The second-order valence-electron chi connectivity index (χ2n) is 6.72. The first kappa shape index (κ1) is 22.4. The lowest BCUT2D eigenvalue weighted by Crippen LogP contribution is -2.26. The van der Waals surface area contributed by atoms with Gasteiger partial charge in [-0.15, -0.1) is 0 Å². The van der Waals surface area contributed by atoms with Crippen molar-refractivity contribution in [3.63, 3.8) is 0 Å². The first-order valence-corrected chi connectivity index (χ1v) is 10.6. The summed E-state index contributed by atoms with van der Waals surface area (Å²) in [5, 5.41) is 3.55. The van der Waals surface area contributed by atoms with Crippen LogP contribution in [0.25, 0.3) is 11.0 Å². The van der Waals surface area contributed by atoms with E-state index in [0.717, 1.165) is 0 Å². The molecule has 11 heteroatoms. The Labute approximate surface area is 200 Å². The van der Waals surface area contributed by atoms with Gasteiger partial charge < -0.3 is 14.9 Å². The Morgan fingerprint density at radius 1 is 0.969 bits per heavy atom. The van der Waals surface area contributed by atoms with E-state index >= 15 is 0 Å². The van der Waals surface area contributed by atoms with Gasteiger partial charge in [0.15, 0.2) is 0 Å². The first-order valence-electron chi connectivity index (χ1n) is 9.06. The number of nitrogens with zero attached hydrogens (tertiary/aromatic N) is 2. The molecule has 3 heterocycles. The molecule has 0 unspecified atom stereocenters. The van der Waals surface area contributed by atoms with Crippen LogP contribution in [0, 0.1) is 0 Å². The van der Waals surface area contributed by atoms with Crippen molar-refractivity contribution in [2.24, 2.45) is 0 Å². The molecule has 0 saturated heterocycles. The molecule has 0 radical (unpaired) electrons. The molecule has 7 nitrogen and oxygen atoms in total. The lowest BCUT2D eigenvalue weighted by molar-refractivity contribution is 0.102. The van der Waals surface area contributed by atoms with Gasteiger partial charge in [0, 0.05) is 40.3 Å². The van der Waals surface area contributed by atoms with Gasteiger partial charge in [0.25, 0.3) is 5.91 Å². The lowest BCUT2D eigenvalue weighted by Gasteiger charge is -2.15. The number of anilines is 1. The van der Waals surface area contributed by atoms with Crippen LogP contribution in [-0.4, -0.2) is 20.4 Å². The molecule has 0 aliphatic rings. The third kappa shape index (κ3) is 4.25. The average Bonchev–Trinajstić information content (AvgIpc) is 2.75. The molecule has 4 aromatic rings. The summed E-state index contributed by atoms with van der Waals surface area (Å²) in [7, 11) is 0. The Bertz CT molecular complexity index is 1460. The molecule has 4 rings (SSSR count). The van der Waals surface area contributed by atoms with E-state index in [1.54, 1.807) is 22.8 Å². The number of H-pyrrole nitrogens is 1. The van der Waals surface area contributed by atoms with Crippen LogP contribution in [0.4, 0.5) is 5.69 Å². The summed E-state index contributed by atoms with van der Waals surface area (Å²) in [6.07, 6.45) is 3.97. The minimum atomic E-state index is -0.768. The Balaban J connectivity index is 1.88. The number of amides is 1. The van der Waals surface area contributed by atoms with Crippen LogP contribution >= 0.6 is 46.4 Å². The summed E-state index contributed by atoms with van der Waals surface area (Å²) in [6.45, 7) is 0.137. The first-order chi connectivity index (χ1) is 15.3. The van der Waals surface area contributed by atoms with Gasteiger partial charge in [-0.3, -0.25) is 19.4 Å². The van der Waals surface area contributed by atoms with Crippen molar-refractivity contribution < 1.29 is 4.79 Å². The topological polar surface area (TPSA) is 96.8 Å². The van der Waals surface area contributed by atoms with Crippen LogP contribution in [0.1, 0.15) is 15.9 Å². The zero-order valence-electron chi connectivity index (χ0n) is 16.0. The molecular formula is C21H12Cl4N4O3. The van der Waals surface area contributed by atoms with E-state index in [1.165, 1.54) is 30.7 Å². The van der Waals surface area contributed by atoms with Crippen molar-refractivity contribution in [3.8, 4) is 0 Å². The fourth-order valence-corrected chi connectivity index (χ4v) is 4.13. The highest BCUT2D eigenvalue weighted by molar-refractivity contribution is 6.39. The van der Waals surface area contributed by atoms with Crippen LogP contribution in [0.5, 0.6) is 0 Å². The van der Waals surface area contributed by atoms with Gasteiger partial charge in [-0.05, 0) is 18.2 Å². The molecule has 0 aliphatic carbocycles. The predicted octanol–water partition coefficient (Wildman–Crippen LogP) is 5.00. The molecule has 3 aromatic heterocycles. The van der Waals surface area contributed by atoms with Crippen molar-refractivity contribution in [1.29, 1.82) is 0 Å². The quantitative estimate of drug-likeness (QED) is 0.404. The summed E-state index contributed by atoms with van der Waals surface area (Å²) in [5.41, 5.74) is -0.366. The average molecular weight is 510 g/mol. The molecule has 0 aliphatic heterocycles. The third-order valence-corrected chi connectivity index (χ3v) is 5.97. The SMILES string of the molecule is O=C(Nc1c(Cl)cncc1Cl)c1cn(Cc2c(Cl)cccc2Cl)c2ccc(=O)[nH]c2c1=O. The molecule has 0 saturated carbocycles. The van der Waals surface area contributed by atoms with Crippen molar-refractivity contribution in [1.82, 2.24) is 14.5 Å². The number of hydrogen-bond acceptors (Lipinski definition) is 4. The Morgan fingerprint density at radius 3 is 2.28 bits per heavy atom. The zero-order valence-corrected chi connectivity index (χ0v) is 19.0. The predicted molar refractivity (Wildman–Crippen MR) is 127 cm³/mol. The minimum Gasteiger partial charge on any atom is -0.341 e. The molecule has 1 aromatic carbocycles. The summed E-state index contributed by atoms with van der Waals surface area (Å²) in [5.74, 6) is -0.768. The van der Waals surface area contributed by atoms with E-state index in [9.17, 15) is 14.4 Å². The normalized spacial score (nSPS) is 11.0. The van der Waals surface area contributed by atoms with Crippen LogP contribution in [0.15, 0.2) is 58.5 Å². The molecule has 2 N–H and O–H groups in total. The highest BCUT2D eigenvalue weighted by Crippen LogP contribution is 2.29. The van der Waals surface area contributed by atoms with E-state index in [2.05, 4.69) is 15.3 Å². The van der Waals surface area contributed by atoms with Crippen LogP contribution in [-0.2, 0) is 6.54 Å². The molecule has 0 bridgehead atoms. The summed E-state index contributed by atoms with van der Waals surface area (Å²) < 4.78 is 1.60. The fraction of sp³-hybridized carbons (Fsp3) is 0.0476. The second kappa shape index (κ2) is 8.96. The van der Waals surface area contributed by atoms with Gasteiger partial charge in [0.2, 0.25) is 11.0 Å². The van der Waals surface area contributed by atoms with Gasteiger partial charge in [-0.25, -0.2) is 0 Å². The Kier molecular flexibility index (Phi) is 6.26. The van der Waals surface area contributed by atoms with Crippen LogP contribution in [0.3, 0.4) is 0 Å². The highest BCUT2D eigenvalue weighted by Gasteiger charge is 2.19. The molecule has 0 spiro atoms. The Hall–Kier alpha value is -2.84. The van der Waals surface area contributed by atoms with Gasteiger partial charge in [0.05, 0.1) is 27.8 Å². The fourth-order valence-electron chi connectivity index (χ4n) is 3.16. The number of pyridine rings is 3. The van der Waals surface area contributed by atoms with Crippen LogP contribution < -0.4 is 16.3 Å². The maximum absolute atomic E-state index is 13.0. The summed E-state index contributed by atoms with van der Waals surface area (Å²) in [6, 6.07) is 7.82.